The average molecular weight is 314 g/mol. The fourth-order valence-corrected chi connectivity index (χ4v) is 2.81. The van der Waals surface area contributed by atoms with Crippen molar-refractivity contribution in [1.82, 2.24) is 0 Å². The van der Waals surface area contributed by atoms with Gasteiger partial charge in [-0.3, -0.25) is 9.05 Å². The molecule has 0 heterocycles. The number of allylic oxidation sites excluding steroid dienone is 2. The number of phosphoric acid groups is 2. The largest absolute Gasteiger partial charge is 0.484 e. The fourth-order valence-electron chi connectivity index (χ4n) is 0.805. The highest BCUT2D eigenvalue weighted by atomic mass is 31.3. The van der Waals surface area contributed by atoms with Crippen molar-refractivity contribution < 1.29 is 32.3 Å². The van der Waals surface area contributed by atoms with E-state index in [-0.39, 0.29) is 13.2 Å². The lowest BCUT2D eigenvalue weighted by Crippen LogP contribution is -2.00. The molecule has 0 fully saturated rings. The Kier molecular flexibility index (Phi) is 8.01. The van der Waals surface area contributed by atoms with Gasteiger partial charge in [0, 0.05) is 0 Å². The third-order valence-corrected chi connectivity index (χ3v) is 4.24. The lowest BCUT2D eigenvalue weighted by molar-refractivity contribution is 0.159. The van der Waals surface area contributed by atoms with Gasteiger partial charge < -0.3 is 9.79 Å². The van der Waals surface area contributed by atoms with Crippen LogP contribution in [0, 0.1) is 0 Å². The first-order chi connectivity index (χ1) is 8.54. The molecule has 0 aromatic heterocycles. The molecule has 0 radical (unpaired) electrons. The Balaban J connectivity index is 4.72. The molecular weight excluding hydrogens is 294 g/mol. The van der Waals surface area contributed by atoms with Crippen LogP contribution in [-0.4, -0.2) is 23.0 Å². The Hall–Kier alpha value is -0.260. The second-order valence-corrected chi connectivity index (χ2v) is 7.22. The first-order valence-corrected chi connectivity index (χ1v) is 8.46. The molecule has 9 heteroatoms. The summed E-state index contributed by atoms with van der Waals surface area (Å²) in [5.41, 5.74) is 1.79. The molecule has 0 aromatic rings. The third kappa shape index (κ3) is 11.3. The van der Waals surface area contributed by atoms with Crippen LogP contribution in [-0.2, 0) is 22.5 Å². The quantitative estimate of drug-likeness (QED) is 0.524. The highest BCUT2D eigenvalue weighted by Crippen LogP contribution is 2.61. The zero-order chi connectivity index (χ0) is 15.1. The molecule has 0 aliphatic heterocycles. The summed E-state index contributed by atoms with van der Waals surface area (Å²) in [6.07, 6.45) is 3.17. The maximum absolute atomic E-state index is 12.0. The van der Waals surface area contributed by atoms with E-state index < -0.39 is 15.6 Å². The van der Waals surface area contributed by atoms with E-state index in [9.17, 15) is 9.13 Å². The molecule has 0 aliphatic rings. The van der Waals surface area contributed by atoms with Gasteiger partial charge in [-0.25, -0.2) is 9.13 Å². The smallest absolute Gasteiger partial charge is 0.302 e. The van der Waals surface area contributed by atoms with E-state index >= 15 is 0 Å². The zero-order valence-corrected chi connectivity index (χ0v) is 13.2. The van der Waals surface area contributed by atoms with Crippen LogP contribution in [0.5, 0.6) is 0 Å². The summed E-state index contributed by atoms with van der Waals surface area (Å²) in [6.45, 7) is 6.91. The summed E-state index contributed by atoms with van der Waals surface area (Å²) in [6, 6.07) is 0. The monoisotopic (exact) mass is 314 g/mol. The van der Waals surface area contributed by atoms with E-state index in [0.29, 0.717) is 0 Å². The molecule has 2 N–H and O–H groups in total. The summed E-state index contributed by atoms with van der Waals surface area (Å²) in [5.74, 6) is 0. The maximum atomic E-state index is 12.0. The summed E-state index contributed by atoms with van der Waals surface area (Å²) in [4.78, 5) is 17.4. The summed E-state index contributed by atoms with van der Waals surface area (Å²) < 4.78 is 36.5. The fraction of sp³-hybridized carbons (Fsp3) is 0.600. The Morgan fingerprint density at radius 3 is 1.58 bits per heavy atom. The SMILES string of the molecule is CC(C)=CCOP(=O)(OCC=C(C)C)OP(=O)(O)O. The number of hydrogen-bond donors (Lipinski definition) is 2. The van der Waals surface area contributed by atoms with Gasteiger partial charge in [-0.1, -0.05) is 23.3 Å². The van der Waals surface area contributed by atoms with E-state index in [2.05, 4.69) is 4.31 Å². The van der Waals surface area contributed by atoms with Crippen molar-refractivity contribution in [3.05, 3.63) is 23.3 Å². The molecule has 0 bridgehead atoms. The van der Waals surface area contributed by atoms with Crippen LogP contribution < -0.4 is 0 Å². The third-order valence-electron chi connectivity index (χ3n) is 1.65. The van der Waals surface area contributed by atoms with Crippen molar-refractivity contribution in [2.75, 3.05) is 13.2 Å². The molecule has 0 atom stereocenters. The van der Waals surface area contributed by atoms with Crippen LogP contribution in [0.15, 0.2) is 23.3 Å². The number of phosphoric ester groups is 1. The minimum absolute atomic E-state index is 0.131. The molecule has 0 spiro atoms. The van der Waals surface area contributed by atoms with Crippen LogP contribution in [0.25, 0.3) is 0 Å². The Bertz CT molecular complexity index is 401. The lowest BCUT2D eigenvalue weighted by atomic mass is 10.3. The predicted octanol–water partition coefficient (Wildman–Crippen LogP) is 3.17. The van der Waals surface area contributed by atoms with Crippen molar-refractivity contribution in [3.8, 4) is 0 Å². The molecule has 0 amide bonds. The minimum Gasteiger partial charge on any atom is -0.302 e. The van der Waals surface area contributed by atoms with Crippen LogP contribution >= 0.6 is 15.6 Å². The summed E-state index contributed by atoms with van der Waals surface area (Å²) in [7, 11) is -9.28. The van der Waals surface area contributed by atoms with Crippen molar-refractivity contribution in [1.29, 1.82) is 0 Å². The molecule has 112 valence electrons. The van der Waals surface area contributed by atoms with Gasteiger partial charge in [0.25, 0.3) is 0 Å². The summed E-state index contributed by atoms with van der Waals surface area (Å²) >= 11 is 0. The second kappa shape index (κ2) is 8.12. The highest BCUT2D eigenvalue weighted by Gasteiger charge is 2.35. The van der Waals surface area contributed by atoms with Crippen molar-refractivity contribution in [3.63, 3.8) is 0 Å². The topological polar surface area (TPSA) is 102 Å². The van der Waals surface area contributed by atoms with Gasteiger partial charge in [-0.2, -0.15) is 4.31 Å². The Morgan fingerprint density at radius 1 is 0.947 bits per heavy atom. The molecule has 0 aromatic carbocycles. The molecule has 0 rings (SSSR count). The van der Waals surface area contributed by atoms with Gasteiger partial charge >= 0.3 is 15.6 Å². The van der Waals surface area contributed by atoms with Crippen LogP contribution in [0.1, 0.15) is 27.7 Å². The molecule has 19 heavy (non-hydrogen) atoms. The molecule has 0 saturated heterocycles. The first-order valence-electron chi connectivity index (χ1n) is 5.47. The molecule has 0 aliphatic carbocycles. The molecule has 7 nitrogen and oxygen atoms in total. The number of hydrogen-bond acceptors (Lipinski definition) is 5. The van der Waals surface area contributed by atoms with Gasteiger partial charge in [-0.15, -0.1) is 0 Å². The van der Waals surface area contributed by atoms with Gasteiger partial charge in [0.1, 0.15) is 0 Å². The molecular formula is C10H20O7P2. The average Bonchev–Trinajstić information content (AvgIpc) is 2.12. The molecule has 0 unspecified atom stereocenters. The van der Waals surface area contributed by atoms with Gasteiger partial charge in [-0.05, 0) is 27.7 Å². The first kappa shape index (κ1) is 18.7. The Morgan fingerprint density at radius 2 is 1.32 bits per heavy atom. The van der Waals surface area contributed by atoms with Gasteiger partial charge in [0.2, 0.25) is 0 Å². The van der Waals surface area contributed by atoms with Crippen molar-refractivity contribution in [2.45, 2.75) is 27.7 Å². The molecule has 0 saturated carbocycles. The van der Waals surface area contributed by atoms with Crippen LogP contribution in [0.3, 0.4) is 0 Å². The Labute approximate surface area is 113 Å². The predicted molar refractivity (Wildman–Crippen MR) is 71.5 cm³/mol. The number of rotatable bonds is 8. The zero-order valence-electron chi connectivity index (χ0n) is 11.4. The van der Waals surface area contributed by atoms with E-state index in [1.54, 1.807) is 39.8 Å². The highest BCUT2D eigenvalue weighted by molar-refractivity contribution is 7.61. The van der Waals surface area contributed by atoms with E-state index in [4.69, 9.17) is 18.8 Å². The van der Waals surface area contributed by atoms with Gasteiger partial charge in [0.05, 0.1) is 13.2 Å². The normalized spacial score (nSPS) is 12.1. The van der Waals surface area contributed by atoms with E-state index in [0.717, 1.165) is 11.1 Å². The maximum Gasteiger partial charge on any atom is 0.484 e. The van der Waals surface area contributed by atoms with Crippen LogP contribution in [0.4, 0.5) is 0 Å². The lowest BCUT2D eigenvalue weighted by Gasteiger charge is -2.16. The van der Waals surface area contributed by atoms with Gasteiger partial charge in [0.15, 0.2) is 0 Å². The van der Waals surface area contributed by atoms with Crippen molar-refractivity contribution in [2.24, 2.45) is 0 Å². The van der Waals surface area contributed by atoms with Crippen LogP contribution in [0.2, 0.25) is 0 Å². The second-order valence-electron chi connectivity index (χ2n) is 4.17. The van der Waals surface area contributed by atoms with E-state index in [1.165, 1.54) is 0 Å². The van der Waals surface area contributed by atoms with E-state index in [1.807, 2.05) is 0 Å². The van der Waals surface area contributed by atoms with Crippen molar-refractivity contribution >= 4 is 15.6 Å². The summed E-state index contributed by atoms with van der Waals surface area (Å²) in [5, 5.41) is 0. The standard InChI is InChI=1S/C10H20O7P2/c1-9(2)5-7-15-19(14,17-18(11,12)13)16-8-6-10(3)4/h5-6H,7-8H2,1-4H3,(H2,11,12,13). The minimum atomic E-state index is -4.97.